The Hall–Kier alpha value is -0.830. The van der Waals surface area contributed by atoms with Crippen LogP contribution in [-0.2, 0) is 12.1 Å². The van der Waals surface area contributed by atoms with Crippen molar-refractivity contribution in [3.8, 4) is 0 Å². The summed E-state index contributed by atoms with van der Waals surface area (Å²) in [6.07, 6.45) is 7.39. The Kier molecular flexibility index (Phi) is 2.38. The number of rotatable bonds is 2. The van der Waals surface area contributed by atoms with Crippen molar-refractivity contribution >= 4 is 0 Å². The van der Waals surface area contributed by atoms with Gasteiger partial charge in [-0.2, -0.15) is 5.10 Å². The van der Waals surface area contributed by atoms with Gasteiger partial charge in [0.1, 0.15) is 0 Å². The first kappa shape index (κ1) is 10.7. The number of nitrogens with two attached hydrogens (primary N) is 1. The van der Waals surface area contributed by atoms with Crippen molar-refractivity contribution in [3.63, 3.8) is 0 Å². The molecule has 0 bridgehead atoms. The number of hydrogen-bond donors (Lipinski definition) is 1. The number of aryl methyl sites for hydroxylation is 1. The van der Waals surface area contributed by atoms with E-state index in [4.69, 9.17) is 5.73 Å². The Balaban J connectivity index is 2.23. The van der Waals surface area contributed by atoms with Crippen molar-refractivity contribution < 1.29 is 0 Å². The quantitative estimate of drug-likeness (QED) is 0.808. The Bertz CT molecular complexity index is 354. The molecule has 84 valence electrons. The Morgan fingerprint density at radius 1 is 1.47 bits per heavy atom. The molecule has 3 heteroatoms. The second kappa shape index (κ2) is 3.34. The Morgan fingerprint density at radius 2 is 2.20 bits per heavy atom. The third-order valence-corrected chi connectivity index (χ3v) is 3.57. The zero-order chi connectivity index (χ0) is 11.1. The van der Waals surface area contributed by atoms with Crippen molar-refractivity contribution in [1.82, 2.24) is 9.78 Å². The molecule has 1 aromatic rings. The second-order valence-electron chi connectivity index (χ2n) is 5.58. The molecule has 1 fully saturated rings. The predicted molar refractivity (Wildman–Crippen MR) is 61.4 cm³/mol. The van der Waals surface area contributed by atoms with Crippen LogP contribution in [0.3, 0.4) is 0 Å². The molecule has 1 unspecified atom stereocenters. The minimum atomic E-state index is -0.142. The van der Waals surface area contributed by atoms with E-state index >= 15 is 0 Å². The van der Waals surface area contributed by atoms with E-state index in [0.29, 0.717) is 5.41 Å². The lowest BCUT2D eigenvalue weighted by Crippen LogP contribution is -2.34. The molecule has 1 aromatic heterocycles. The van der Waals surface area contributed by atoms with Gasteiger partial charge in [0.2, 0.25) is 0 Å². The summed E-state index contributed by atoms with van der Waals surface area (Å²) >= 11 is 0. The first-order chi connectivity index (χ1) is 6.95. The zero-order valence-electron chi connectivity index (χ0n) is 9.95. The minimum Gasteiger partial charge on any atom is -0.321 e. The molecule has 3 nitrogen and oxygen atoms in total. The van der Waals surface area contributed by atoms with Crippen LogP contribution >= 0.6 is 0 Å². The van der Waals surface area contributed by atoms with Crippen LogP contribution in [0.25, 0.3) is 0 Å². The van der Waals surface area contributed by atoms with E-state index in [1.165, 1.54) is 12.0 Å². The van der Waals surface area contributed by atoms with Crippen molar-refractivity contribution in [2.24, 2.45) is 11.1 Å². The summed E-state index contributed by atoms with van der Waals surface area (Å²) in [6.45, 7) is 7.61. The highest BCUT2D eigenvalue weighted by Gasteiger charge is 2.42. The van der Waals surface area contributed by atoms with E-state index < -0.39 is 0 Å². The van der Waals surface area contributed by atoms with Crippen molar-refractivity contribution in [2.75, 3.05) is 0 Å². The lowest BCUT2D eigenvalue weighted by Gasteiger charge is -2.25. The summed E-state index contributed by atoms with van der Waals surface area (Å²) in [7, 11) is 0. The van der Waals surface area contributed by atoms with Gasteiger partial charge < -0.3 is 5.73 Å². The maximum Gasteiger partial charge on any atom is 0.0540 e. The molecule has 0 aromatic carbocycles. The molecule has 1 aliphatic carbocycles. The van der Waals surface area contributed by atoms with Gasteiger partial charge in [0.25, 0.3) is 0 Å². The second-order valence-corrected chi connectivity index (χ2v) is 5.58. The monoisotopic (exact) mass is 207 g/mol. The van der Waals surface area contributed by atoms with Crippen LogP contribution < -0.4 is 5.73 Å². The fourth-order valence-corrected chi connectivity index (χ4v) is 2.63. The summed E-state index contributed by atoms with van der Waals surface area (Å²) in [5.74, 6) is 0. The molecule has 1 aliphatic rings. The average molecular weight is 207 g/mol. The van der Waals surface area contributed by atoms with Crippen LogP contribution in [0.15, 0.2) is 12.4 Å². The molecule has 1 heterocycles. The van der Waals surface area contributed by atoms with Gasteiger partial charge in [0.05, 0.1) is 6.20 Å². The Morgan fingerprint density at radius 3 is 2.67 bits per heavy atom. The highest BCUT2D eigenvalue weighted by Crippen LogP contribution is 2.47. The number of aromatic nitrogens is 2. The Labute approximate surface area is 91.7 Å². The molecule has 2 rings (SSSR count). The molecule has 0 spiro atoms. The average Bonchev–Trinajstić information content (AvgIpc) is 2.71. The predicted octanol–water partition coefficient (Wildman–Crippen LogP) is 2.27. The van der Waals surface area contributed by atoms with Crippen LogP contribution in [0.1, 0.15) is 45.6 Å². The van der Waals surface area contributed by atoms with Gasteiger partial charge in [-0.25, -0.2) is 0 Å². The van der Waals surface area contributed by atoms with Crippen LogP contribution in [0, 0.1) is 5.41 Å². The van der Waals surface area contributed by atoms with E-state index in [2.05, 4.69) is 32.1 Å². The molecule has 1 atom stereocenters. The fourth-order valence-electron chi connectivity index (χ4n) is 2.63. The molecule has 15 heavy (non-hydrogen) atoms. The van der Waals surface area contributed by atoms with E-state index in [0.717, 1.165) is 19.4 Å². The first-order valence-corrected chi connectivity index (χ1v) is 5.77. The lowest BCUT2D eigenvalue weighted by molar-refractivity contribution is 0.339. The van der Waals surface area contributed by atoms with E-state index in [1.807, 2.05) is 10.9 Å². The summed E-state index contributed by atoms with van der Waals surface area (Å²) in [5.41, 5.74) is 7.91. The van der Waals surface area contributed by atoms with Gasteiger partial charge in [0.15, 0.2) is 0 Å². The van der Waals surface area contributed by atoms with Crippen LogP contribution in [0.5, 0.6) is 0 Å². The summed E-state index contributed by atoms with van der Waals surface area (Å²) in [4.78, 5) is 0. The smallest absolute Gasteiger partial charge is 0.0540 e. The maximum atomic E-state index is 6.47. The molecular formula is C12H21N3. The van der Waals surface area contributed by atoms with Crippen molar-refractivity contribution in [1.29, 1.82) is 0 Å². The standard InChI is InChI=1S/C12H21N3/c1-4-15-8-10(7-14-15)12(13)6-5-11(2,3)9-12/h7-8H,4-6,9,13H2,1-3H3. The summed E-state index contributed by atoms with van der Waals surface area (Å²) < 4.78 is 1.95. The molecule has 1 saturated carbocycles. The van der Waals surface area contributed by atoms with E-state index in [1.54, 1.807) is 0 Å². The number of nitrogens with zero attached hydrogens (tertiary/aromatic N) is 2. The van der Waals surface area contributed by atoms with Gasteiger partial charge in [-0.15, -0.1) is 0 Å². The third kappa shape index (κ3) is 1.93. The largest absolute Gasteiger partial charge is 0.321 e. The molecular weight excluding hydrogens is 186 g/mol. The molecule has 0 amide bonds. The van der Waals surface area contributed by atoms with Gasteiger partial charge in [0, 0.05) is 23.8 Å². The van der Waals surface area contributed by atoms with Crippen LogP contribution in [0.4, 0.5) is 0 Å². The molecule has 2 N–H and O–H groups in total. The van der Waals surface area contributed by atoms with E-state index in [9.17, 15) is 0 Å². The van der Waals surface area contributed by atoms with Crippen LogP contribution in [0.2, 0.25) is 0 Å². The molecule has 0 radical (unpaired) electrons. The van der Waals surface area contributed by atoms with Gasteiger partial charge >= 0.3 is 0 Å². The third-order valence-electron chi connectivity index (χ3n) is 3.57. The maximum absolute atomic E-state index is 6.47. The van der Waals surface area contributed by atoms with Gasteiger partial charge in [-0.05, 0) is 31.6 Å². The summed E-state index contributed by atoms with van der Waals surface area (Å²) in [6, 6.07) is 0. The zero-order valence-corrected chi connectivity index (χ0v) is 9.95. The molecule has 0 saturated heterocycles. The fraction of sp³-hybridized carbons (Fsp3) is 0.750. The lowest BCUT2D eigenvalue weighted by atomic mass is 9.85. The summed E-state index contributed by atoms with van der Waals surface area (Å²) in [5, 5.41) is 4.31. The first-order valence-electron chi connectivity index (χ1n) is 5.77. The topological polar surface area (TPSA) is 43.8 Å². The van der Waals surface area contributed by atoms with Crippen LogP contribution in [-0.4, -0.2) is 9.78 Å². The minimum absolute atomic E-state index is 0.142. The van der Waals surface area contributed by atoms with Crippen molar-refractivity contribution in [3.05, 3.63) is 18.0 Å². The highest BCUT2D eigenvalue weighted by molar-refractivity contribution is 5.20. The highest BCUT2D eigenvalue weighted by atomic mass is 15.3. The van der Waals surface area contributed by atoms with Gasteiger partial charge in [-0.3, -0.25) is 4.68 Å². The number of hydrogen-bond acceptors (Lipinski definition) is 2. The normalized spacial score (nSPS) is 29.6. The van der Waals surface area contributed by atoms with E-state index in [-0.39, 0.29) is 5.54 Å². The van der Waals surface area contributed by atoms with Gasteiger partial charge in [-0.1, -0.05) is 13.8 Å². The van der Waals surface area contributed by atoms with Crippen molar-refractivity contribution in [2.45, 2.75) is 52.1 Å². The SMILES string of the molecule is CCn1cc(C2(N)CCC(C)(C)C2)cn1. The molecule has 0 aliphatic heterocycles.